The Hall–Kier alpha value is -0.610. The Balaban J connectivity index is 1.81. The first-order chi connectivity index (χ1) is 7.81. The molecule has 0 radical (unpaired) electrons. The van der Waals surface area contributed by atoms with Crippen molar-refractivity contribution in [3.05, 3.63) is 0 Å². The minimum atomic E-state index is 0.196. The van der Waals surface area contributed by atoms with Crippen molar-refractivity contribution < 1.29 is 9.90 Å². The lowest BCUT2D eigenvalue weighted by molar-refractivity contribution is -0.135. The maximum Gasteiger partial charge on any atom is 0.226 e. The largest absolute Gasteiger partial charge is 0.396 e. The second-order valence-corrected chi connectivity index (χ2v) is 4.99. The van der Waals surface area contributed by atoms with E-state index < -0.39 is 0 Å². The molecule has 2 saturated heterocycles. The van der Waals surface area contributed by atoms with E-state index in [1.165, 1.54) is 0 Å². The second-order valence-electron chi connectivity index (χ2n) is 4.99. The average Bonchev–Trinajstić information content (AvgIpc) is 2.78. The van der Waals surface area contributed by atoms with Gasteiger partial charge in [0.1, 0.15) is 0 Å². The highest BCUT2D eigenvalue weighted by atomic mass is 16.3. The van der Waals surface area contributed by atoms with E-state index in [0.717, 1.165) is 51.9 Å². The molecule has 2 rings (SSSR count). The number of piperidine rings is 1. The molecule has 4 heteroatoms. The van der Waals surface area contributed by atoms with Gasteiger partial charge < -0.3 is 15.3 Å². The summed E-state index contributed by atoms with van der Waals surface area (Å²) in [5, 5.41) is 12.2. The monoisotopic (exact) mass is 226 g/mol. The smallest absolute Gasteiger partial charge is 0.226 e. The second kappa shape index (κ2) is 5.64. The number of rotatable bonds is 3. The van der Waals surface area contributed by atoms with Crippen LogP contribution in [0, 0.1) is 11.8 Å². The van der Waals surface area contributed by atoms with Crippen LogP contribution in [0.25, 0.3) is 0 Å². The third-order valence-corrected chi connectivity index (χ3v) is 3.78. The first kappa shape index (κ1) is 11.9. The van der Waals surface area contributed by atoms with Crippen LogP contribution >= 0.6 is 0 Å². The van der Waals surface area contributed by atoms with E-state index in [2.05, 4.69) is 5.32 Å². The number of nitrogens with zero attached hydrogens (tertiary/aromatic N) is 1. The van der Waals surface area contributed by atoms with Gasteiger partial charge in [-0.05, 0) is 38.1 Å². The third kappa shape index (κ3) is 2.74. The van der Waals surface area contributed by atoms with E-state index in [1.807, 2.05) is 4.90 Å². The zero-order chi connectivity index (χ0) is 11.4. The summed E-state index contributed by atoms with van der Waals surface area (Å²) in [6.07, 6.45) is 4.05. The number of likely N-dealkylation sites (tertiary alicyclic amines) is 1. The fourth-order valence-corrected chi connectivity index (χ4v) is 2.77. The molecule has 0 aromatic carbocycles. The van der Waals surface area contributed by atoms with Crippen molar-refractivity contribution in [2.75, 3.05) is 32.8 Å². The Labute approximate surface area is 97.0 Å². The first-order valence-corrected chi connectivity index (χ1v) is 6.41. The summed E-state index contributed by atoms with van der Waals surface area (Å²) >= 11 is 0. The molecule has 2 heterocycles. The molecule has 92 valence electrons. The van der Waals surface area contributed by atoms with E-state index >= 15 is 0 Å². The van der Waals surface area contributed by atoms with Crippen molar-refractivity contribution in [1.82, 2.24) is 10.2 Å². The van der Waals surface area contributed by atoms with Gasteiger partial charge in [0, 0.05) is 26.2 Å². The van der Waals surface area contributed by atoms with E-state index in [9.17, 15) is 4.79 Å². The van der Waals surface area contributed by atoms with Crippen molar-refractivity contribution in [3.63, 3.8) is 0 Å². The summed E-state index contributed by atoms with van der Waals surface area (Å²) in [5.74, 6) is 1.04. The van der Waals surface area contributed by atoms with Crippen LogP contribution in [0.15, 0.2) is 0 Å². The molecule has 2 aliphatic heterocycles. The van der Waals surface area contributed by atoms with Gasteiger partial charge in [-0.3, -0.25) is 4.79 Å². The SMILES string of the molecule is O=C([C@@H]1CCCNC1)N1CCC(CCO)C1. The number of amides is 1. The molecule has 1 amide bonds. The zero-order valence-corrected chi connectivity index (χ0v) is 9.82. The molecule has 4 nitrogen and oxygen atoms in total. The number of aliphatic hydroxyl groups is 1. The Kier molecular flexibility index (Phi) is 4.18. The van der Waals surface area contributed by atoms with Crippen LogP contribution in [0.1, 0.15) is 25.7 Å². The minimum Gasteiger partial charge on any atom is -0.396 e. The van der Waals surface area contributed by atoms with E-state index in [1.54, 1.807) is 0 Å². The quantitative estimate of drug-likeness (QED) is 0.723. The van der Waals surface area contributed by atoms with Gasteiger partial charge in [-0.1, -0.05) is 0 Å². The fraction of sp³-hybridized carbons (Fsp3) is 0.917. The molecular weight excluding hydrogens is 204 g/mol. The highest BCUT2D eigenvalue weighted by Crippen LogP contribution is 2.22. The highest BCUT2D eigenvalue weighted by Gasteiger charge is 2.30. The van der Waals surface area contributed by atoms with Crippen LogP contribution in [0.2, 0.25) is 0 Å². The molecule has 0 aromatic rings. The van der Waals surface area contributed by atoms with Crippen LogP contribution in [0.5, 0.6) is 0 Å². The van der Waals surface area contributed by atoms with Crippen molar-refractivity contribution >= 4 is 5.91 Å². The van der Waals surface area contributed by atoms with Crippen molar-refractivity contribution in [3.8, 4) is 0 Å². The van der Waals surface area contributed by atoms with E-state index in [-0.39, 0.29) is 12.5 Å². The van der Waals surface area contributed by atoms with Crippen molar-refractivity contribution in [1.29, 1.82) is 0 Å². The molecule has 0 bridgehead atoms. The molecule has 16 heavy (non-hydrogen) atoms. The van der Waals surface area contributed by atoms with Crippen molar-refractivity contribution in [2.45, 2.75) is 25.7 Å². The molecule has 0 spiro atoms. The topological polar surface area (TPSA) is 52.6 Å². The van der Waals surface area contributed by atoms with Gasteiger partial charge in [0.05, 0.1) is 5.92 Å². The van der Waals surface area contributed by atoms with Gasteiger partial charge >= 0.3 is 0 Å². The van der Waals surface area contributed by atoms with Gasteiger partial charge in [-0.2, -0.15) is 0 Å². The molecule has 2 N–H and O–H groups in total. The van der Waals surface area contributed by atoms with Gasteiger partial charge in [0.15, 0.2) is 0 Å². The lowest BCUT2D eigenvalue weighted by Gasteiger charge is -2.26. The van der Waals surface area contributed by atoms with E-state index in [0.29, 0.717) is 11.8 Å². The number of hydrogen-bond donors (Lipinski definition) is 2. The maximum atomic E-state index is 12.2. The lowest BCUT2D eigenvalue weighted by atomic mass is 9.98. The van der Waals surface area contributed by atoms with Gasteiger partial charge in [0.2, 0.25) is 5.91 Å². The summed E-state index contributed by atoms with van der Waals surface area (Å²) in [5.41, 5.74) is 0. The molecule has 0 saturated carbocycles. The highest BCUT2D eigenvalue weighted by molar-refractivity contribution is 5.79. The summed E-state index contributed by atoms with van der Waals surface area (Å²) < 4.78 is 0. The van der Waals surface area contributed by atoms with Crippen LogP contribution in [0.4, 0.5) is 0 Å². The Bertz CT molecular complexity index is 239. The summed E-state index contributed by atoms with van der Waals surface area (Å²) in [6.45, 7) is 3.89. The Morgan fingerprint density at radius 2 is 2.31 bits per heavy atom. The van der Waals surface area contributed by atoms with Crippen LogP contribution in [-0.4, -0.2) is 48.7 Å². The van der Waals surface area contributed by atoms with E-state index in [4.69, 9.17) is 5.11 Å². The van der Waals surface area contributed by atoms with Crippen molar-refractivity contribution in [2.24, 2.45) is 11.8 Å². The summed E-state index contributed by atoms with van der Waals surface area (Å²) in [7, 11) is 0. The molecule has 0 aliphatic carbocycles. The molecule has 1 unspecified atom stereocenters. The van der Waals surface area contributed by atoms with Crippen LogP contribution in [0.3, 0.4) is 0 Å². The third-order valence-electron chi connectivity index (χ3n) is 3.78. The number of hydrogen-bond acceptors (Lipinski definition) is 3. The number of aliphatic hydroxyl groups excluding tert-OH is 1. The van der Waals surface area contributed by atoms with Crippen LogP contribution < -0.4 is 5.32 Å². The Morgan fingerprint density at radius 1 is 1.44 bits per heavy atom. The molecule has 2 aliphatic rings. The Morgan fingerprint density at radius 3 is 3.00 bits per heavy atom. The summed E-state index contributed by atoms with van der Waals surface area (Å²) in [6, 6.07) is 0. The van der Waals surface area contributed by atoms with Gasteiger partial charge in [-0.25, -0.2) is 0 Å². The normalized spacial score (nSPS) is 30.7. The standard InChI is InChI=1S/C12H22N2O2/c15-7-4-10-3-6-14(9-10)12(16)11-2-1-5-13-8-11/h10-11,13,15H,1-9H2/t10?,11-/m1/s1. The minimum absolute atomic E-state index is 0.196. The average molecular weight is 226 g/mol. The zero-order valence-electron chi connectivity index (χ0n) is 9.82. The lowest BCUT2D eigenvalue weighted by Crippen LogP contribution is -2.42. The number of nitrogens with one attached hydrogen (secondary N) is 1. The fourth-order valence-electron chi connectivity index (χ4n) is 2.77. The molecule has 2 atom stereocenters. The maximum absolute atomic E-state index is 12.2. The number of carbonyl (C=O) groups excluding carboxylic acids is 1. The van der Waals surface area contributed by atoms with Gasteiger partial charge in [-0.15, -0.1) is 0 Å². The predicted molar refractivity (Wildman–Crippen MR) is 62.0 cm³/mol. The predicted octanol–water partition coefficient (Wildman–Crippen LogP) is 0.217. The molecular formula is C12H22N2O2. The number of carbonyl (C=O) groups is 1. The van der Waals surface area contributed by atoms with Crippen LogP contribution in [-0.2, 0) is 4.79 Å². The van der Waals surface area contributed by atoms with Gasteiger partial charge in [0.25, 0.3) is 0 Å². The molecule has 0 aromatic heterocycles. The first-order valence-electron chi connectivity index (χ1n) is 6.41. The summed E-state index contributed by atoms with van der Waals surface area (Å²) in [4.78, 5) is 14.2. The molecule has 2 fully saturated rings.